The molecule has 0 atom stereocenters. The number of hydrogen-bond acceptors (Lipinski definition) is 4. The largest absolute Gasteiger partial charge is 0.293 e. The molecule has 0 aromatic carbocycles. The number of thiophene rings is 2. The fraction of sp³-hybridized carbons (Fsp3) is 0.0909. The highest BCUT2D eigenvalue weighted by molar-refractivity contribution is 7.17. The van der Waals surface area contributed by atoms with E-state index in [0.717, 1.165) is 10.4 Å². The Morgan fingerprint density at radius 2 is 2.12 bits per heavy atom. The predicted octanol–water partition coefficient (Wildman–Crippen LogP) is 3.22. The summed E-state index contributed by atoms with van der Waals surface area (Å²) >= 11 is 8.98. The summed E-state index contributed by atoms with van der Waals surface area (Å²) in [6, 6.07) is 3.69. The van der Waals surface area contributed by atoms with E-state index in [1.54, 1.807) is 22.2 Å². The molecule has 0 N–H and O–H groups in total. The molecule has 0 saturated heterocycles. The van der Waals surface area contributed by atoms with Gasteiger partial charge >= 0.3 is 0 Å². The van der Waals surface area contributed by atoms with Crippen LogP contribution in [0.4, 0.5) is 0 Å². The van der Waals surface area contributed by atoms with Gasteiger partial charge in [0.05, 0.1) is 23.4 Å². The molecule has 3 nitrogen and oxygen atoms in total. The van der Waals surface area contributed by atoms with Crippen molar-refractivity contribution >= 4 is 44.5 Å². The molecule has 3 heterocycles. The van der Waals surface area contributed by atoms with Crippen molar-refractivity contribution in [3.05, 3.63) is 49.5 Å². The van der Waals surface area contributed by atoms with Crippen LogP contribution in [-0.2, 0) is 6.54 Å². The van der Waals surface area contributed by atoms with Gasteiger partial charge in [-0.25, -0.2) is 4.98 Å². The SMILES string of the molecule is O=c1c2sccc2ncn1Cc1sccc1Cl. The fourth-order valence-electron chi connectivity index (χ4n) is 1.58. The first-order chi connectivity index (χ1) is 8.25. The molecule has 86 valence electrons. The summed E-state index contributed by atoms with van der Waals surface area (Å²) in [6.45, 7) is 0.482. The standard InChI is InChI=1S/C11H7ClN2OS2/c12-7-1-3-16-9(7)5-14-6-13-8-2-4-17-10(8)11(14)15/h1-4,6H,5H2. The molecular formula is C11H7ClN2OS2. The summed E-state index contributed by atoms with van der Waals surface area (Å²) in [6.07, 6.45) is 1.58. The Hall–Kier alpha value is -1.17. The van der Waals surface area contributed by atoms with Gasteiger partial charge < -0.3 is 0 Å². The first kappa shape index (κ1) is 11.0. The molecule has 0 aliphatic rings. The summed E-state index contributed by atoms with van der Waals surface area (Å²) < 4.78 is 2.29. The van der Waals surface area contributed by atoms with Crippen molar-refractivity contribution in [2.75, 3.05) is 0 Å². The lowest BCUT2D eigenvalue weighted by molar-refractivity contribution is 0.760. The van der Waals surface area contributed by atoms with E-state index in [4.69, 9.17) is 11.6 Å². The van der Waals surface area contributed by atoms with Crippen LogP contribution in [-0.4, -0.2) is 9.55 Å². The van der Waals surface area contributed by atoms with Gasteiger partial charge in [-0.1, -0.05) is 11.6 Å². The maximum atomic E-state index is 12.1. The third-order valence-corrected chi connectivity index (χ3v) is 4.70. The molecule has 3 aromatic heterocycles. The molecule has 17 heavy (non-hydrogen) atoms. The smallest absolute Gasteiger partial charge is 0.271 e. The summed E-state index contributed by atoms with van der Waals surface area (Å²) in [4.78, 5) is 17.3. The van der Waals surface area contributed by atoms with Crippen LogP contribution in [0.1, 0.15) is 4.88 Å². The van der Waals surface area contributed by atoms with Crippen LogP contribution in [0.5, 0.6) is 0 Å². The third-order valence-electron chi connectivity index (χ3n) is 2.44. The maximum absolute atomic E-state index is 12.1. The number of nitrogens with zero attached hydrogens (tertiary/aromatic N) is 2. The summed E-state index contributed by atoms with van der Waals surface area (Å²) in [7, 11) is 0. The van der Waals surface area contributed by atoms with E-state index in [1.807, 2.05) is 22.9 Å². The Bertz CT molecular complexity index is 728. The van der Waals surface area contributed by atoms with Crippen molar-refractivity contribution < 1.29 is 0 Å². The molecule has 0 spiro atoms. The Kier molecular flexibility index (Phi) is 2.74. The molecule has 0 radical (unpaired) electrons. The minimum Gasteiger partial charge on any atom is -0.293 e. The van der Waals surface area contributed by atoms with Crippen LogP contribution < -0.4 is 5.56 Å². The van der Waals surface area contributed by atoms with Crippen molar-refractivity contribution in [3.63, 3.8) is 0 Å². The summed E-state index contributed by atoms with van der Waals surface area (Å²) in [5, 5.41) is 4.50. The minimum absolute atomic E-state index is 0.00512. The van der Waals surface area contributed by atoms with Gasteiger partial charge in [0.15, 0.2) is 0 Å². The second-order valence-corrected chi connectivity index (χ2v) is 5.83. The van der Waals surface area contributed by atoms with Crippen LogP contribution in [0.2, 0.25) is 5.02 Å². The van der Waals surface area contributed by atoms with Crippen molar-refractivity contribution in [1.82, 2.24) is 9.55 Å². The lowest BCUT2D eigenvalue weighted by Crippen LogP contribution is -2.19. The summed E-state index contributed by atoms with van der Waals surface area (Å²) in [5.41, 5.74) is 0.753. The van der Waals surface area contributed by atoms with Gasteiger partial charge in [-0.3, -0.25) is 9.36 Å². The highest BCUT2D eigenvalue weighted by Gasteiger charge is 2.08. The maximum Gasteiger partial charge on any atom is 0.271 e. The summed E-state index contributed by atoms with van der Waals surface area (Å²) in [5.74, 6) is 0. The zero-order valence-corrected chi connectivity index (χ0v) is 11.0. The molecular weight excluding hydrogens is 276 g/mol. The number of fused-ring (bicyclic) bond motifs is 1. The van der Waals surface area contributed by atoms with Crippen molar-refractivity contribution in [3.8, 4) is 0 Å². The Morgan fingerprint density at radius 3 is 2.88 bits per heavy atom. The highest BCUT2D eigenvalue weighted by Crippen LogP contribution is 2.22. The third kappa shape index (κ3) is 1.90. The van der Waals surface area contributed by atoms with E-state index in [2.05, 4.69) is 4.98 Å². The number of aromatic nitrogens is 2. The molecule has 3 rings (SSSR count). The second kappa shape index (κ2) is 4.25. The van der Waals surface area contributed by atoms with Crippen LogP contribution in [0, 0.1) is 0 Å². The van der Waals surface area contributed by atoms with Gasteiger partial charge in [0.1, 0.15) is 4.70 Å². The van der Waals surface area contributed by atoms with Gasteiger partial charge in [0, 0.05) is 4.88 Å². The topological polar surface area (TPSA) is 34.9 Å². The van der Waals surface area contributed by atoms with E-state index >= 15 is 0 Å². The zero-order valence-electron chi connectivity index (χ0n) is 8.59. The minimum atomic E-state index is -0.00512. The molecule has 0 saturated carbocycles. The number of hydrogen-bond donors (Lipinski definition) is 0. The molecule has 3 aromatic rings. The highest BCUT2D eigenvalue weighted by atomic mass is 35.5. The van der Waals surface area contributed by atoms with Gasteiger partial charge in [-0.2, -0.15) is 0 Å². The Labute approximate surface area is 110 Å². The molecule has 0 amide bonds. The number of halogens is 1. The van der Waals surface area contributed by atoms with Crippen molar-refractivity contribution in [1.29, 1.82) is 0 Å². The second-order valence-electron chi connectivity index (χ2n) is 3.50. The predicted molar refractivity (Wildman–Crippen MR) is 72.3 cm³/mol. The van der Waals surface area contributed by atoms with E-state index in [-0.39, 0.29) is 5.56 Å². The Morgan fingerprint density at radius 1 is 1.29 bits per heavy atom. The quantitative estimate of drug-likeness (QED) is 0.723. The lowest BCUT2D eigenvalue weighted by atomic mass is 10.4. The molecule has 0 aliphatic heterocycles. The monoisotopic (exact) mass is 282 g/mol. The first-order valence-corrected chi connectivity index (χ1v) is 7.04. The van der Waals surface area contributed by atoms with E-state index in [0.29, 0.717) is 16.3 Å². The van der Waals surface area contributed by atoms with Gasteiger partial charge in [-0.15, -0.1) is 22.7 Å². The van der Waals surface area contributed by atoms with Gasteiger partial charge in [-0.05, 0) is 22.9 Å². The van der Waals surface area contributed by atoms with Gasteiger partial charge in [0.2, 0.25) is 0 Å². The molecule has 0 unspecified atom stereocenters. The normalized spacial score (nSPS) is 11.1. The van der Waals surface area contributed by atoms with E-state index in [9.17, 15) is 4.79 Å². The fourth-order valence-corrected chi connectivity index (χ4v) is 3.47. The molecule has 0 aliphatic carbocycles. The van der Waals surface area contributed by atoms with Crippen molar-refractivity contribution in [2.24, 2.45) is 0 Å². The molecule has 0 bridgehead atoms. The van der Waals surface area contributed by atoms with E-state index in [1.165, 1.54) is 11.3 Å². The lowest BCUT2D eigenvalue weighted by Gasteiger charge is -2.03. The zero-order chi connectivity index (χ0) is 11.8. The van der Waals surface area contributed by atoms with Crippen molar-refractivity contribution in [2.45, 2.75) is 6.54 Å². The van der Waals surface area contributed by atoms with E-state index < -0.39 is 0 Å². The van der Waals surface area contributed by atoms with Crippen LogP contribution >= 0.6 is 34.3 Å². The van der Waals surface area contributed by atoms with Crippen LogP contribution in [0.25, 0.3) is 10.2 Å². The molecule has 0 fully saturated rings. The average Bonchev–Trinajstić information content (AvgIpc) is 2.92. The number of rotatable bonds is 2. The average molecular weight is 283 g/mol. The van der Waals surface area contributed by atoms with Gasteiger partial charge in [0.25, 0.3) is 5.56 Å². The van der Waals surface area contributed by atoms with Crippen LogP contribution in [0.3, 0.4) is 0 Å². The first-order valence-electron chi connectivity index (χ1n) is 4.90. The molecule has 6 heteroatoms. The van der Waals surface area contributed by atoms with Crippen LogP contribution in [0.15, 0.2) is 34.0 Å². The Balaban J connectivity index is 2.09.